The number of nitrogens with zero attached hydrogens (tertiary/aromatic N) is 6. The van der Waals surface area contributed by atoms with E-state index in [2.05, 4.69) is 64.6 Å². The van der Waals surface area contributed by atoms with E-state index in [1.807, 2.05) is 103 Å². The van der Waals surface area contributed by atoms with Crippen molar-refractivity contribution in [3.05, 3.63) is 170 Å². The molecule has 0 unspecified atom stereocenters. The smallest absolute Gasteiger partial charge is 0.164 e. The molecule has 0 aliphatic rings. The van der Waals surface area contributed by atoms with Crippen LogP contribution in [0.15, 0.2) is 170 Å². The number of pyridine rings is 3. The highest BCUT2D eigenvalue weighted by molar-refractivity contribution is 5.79. The minimum Gasteiger partial charge on any atom is -0.255 e. The number of aromatic nitrogens is 6. The van der Waals surface area contributed by atoms with E-state index in [-0.39, 0.29) is 0 Å². The first kappa shape index (κ1) is 28.8. The van der Waals surface area contributed by atoms with Crippen molar-refractivity contribution in [2.75, 3.05) is 0 Å². The van der Waals surface area contributed by atoms with E-state index in [1.165, 1.54) is 0 Å². The Morgan fingerprint density at radius 3 is 1.12 bits per heavy atom. The highest BCUT2D eigenvalue weighted by atomic mass is 15.0. The summed E-state index contributed by atoms with van der Waals surface area (Å²) in [5, 5.41) is 0. The molecule has 6 heteroatoms. The van der Waals surface area contributed by atoms with Gasteiger partial charge in [-0.2, -0.15) is 0 Å². The largest absolute Gasteiger partial charge is 0.255 e. The molecule has 0 spiro atoms. The molecule has 0 aliphatic heterocycles. The molecule has 0 aliphatic carbocycles. The molecular weight excluding hydrogens is 589 g/mol. The third-order valence-electron chi connectivity index (χ3n) is 8.03. The first-order chi connectivity index (χ1) is 23.8. The lowest BCUT2D eigenvalue weighted by Crippen LogP contribution is -2.00. The maximum absolute atomic E-state index is 4.94. The van der Waals surface area contributed by atoms with Crippen LogP contribution in [0.4, 0.5) is 0 Å². The Morgan fingerprint density at radius 1 is 0.250 bits per heavy atom. The number of hydrogen-bond acceptors (Lipinski definition) is 6. The Labute approximate surface area is 278 Å². The Balaban J connectivity index is 1.21. The third-order valence-corrected chi connectivity index (χ3v) is 8.03. The van der Waals surface area contributed by atoms with Crippen LogP contribution in [0.1, 0.15) is 0 Å². The van der Waals surface area contributed by atoms with Crippen LogP contribution in [0.2, 0.25) is 0 Å². The molecule has 0 N–H and O–H groups in total. The Bertz CT molecular complexity index is 2040. The highest BCUT2D eigenvalue weighted by Gasteiger charge is 2.14. The van der Waals surface area contributed by atoms with Crippen molar-refractivity contribution in [3.8, 4) is 79.2 Å². The van der Waals surface area contributed by atoms with E-state index in [4.69, 9.17) is 19.9 Å². The van der Waals surface area contributed by atoms with Gasteiger partial charge in [-0.15, -0.1) is 0 Å². The molecule has 8 rings (SSSR count). The topological polar surface area (TPSA) is 77.3 Å². The monoisotopic (exact) mass is 616 g/mol. The van der Waals surface area contributed by atoms with Crippen LogP contribution < -0.4 is 0 Å². The molecular formula is C42H28N6. The van der Waals surface area contributed by atoms with E-state index < -0.39 is 0 Å². The first-order valence-corrected chi connectivity index (χ1v) is 15.7. The second-order valence-corrected chi connectivity index (χ2v) is 11.3. The fourth-order valence-corrected chi connectivity index (χ4v) is 5.64. The molecule has 0 bridgehead atoms. The fourth-order valence-electron chi connectivity index (χ4n) is 5.64. The van der Waals surface area contributed by atoms with Gasteiger partial charge in [0.15, 0.2) is 17.5 Å². The van der Waals surface area contributed by atoms with E-state index >= 15 is 0 Å². The molecule has 226 valence electrons. The number of benzene rings is 4. The number of rotatable bonds is 7. The van der Waals surface area contributed by atoms with E-state index in [9.17, 15) is 0 Å². The van der Waals surface area contributed by atoms with Gasteiger partial charge in [-0.1, -0.05) is 109 Å². The molecule has 0 radical (unpaired) electrons. The summed E-state index contributed by atoms with van der Waals surface area (Å²) in [5.74, 6) is 1.89. The summed E-state index contributed by atoms with van der Waals surface area (Å²) in [6.07, 6.45) is 3.58. The van der Waals surface area contributed by atoms with Crippen LogP contribution in [-0.2, 0) is 0 Å². The lowest BCUT2D eigenvalue weighted by atomic mass is 9.97. The van der Waals surface area contributed by atoms with Crippen LogP contribution in [0.5, 0.6) is 0 Å². The van der Waals surface area contributed by atoms with Crippen molar-refractivity contribution in [1.82, 2.24) is 29.9 Å². The van der Waals surface area contributed by atoms with E-state index in [0.717, 1.165) is 61.7 Å². The highest BCUT2D eigenvalue weighted by Crippen LogP contribution is 2.33. The first-order valence-electron chi connectivity index (χ1n) is 15.7. The molecule has 0 fully saturated rings. The zero-order chi connectivity index (χ0) is 32.1. The number of hydrogen-bond donors (Lipinski definition) is 0. The average Bonchev–Trinajstić information content (AvgIpc) is 3.19. The Hall–Kier alpha value is -6.66. The van der Waals surface area contributed by atoms with Gasteiger partial charge in [-0.3, -0.25) is 9.97 Å². The summed E-state index contributed by atoms with van der Waals surface area (Å²) in [5.41, 5.74) is 10.2. The minimum absolute atomic E-state index is 0.620. The summed E-state index contributed by atoms with van der Waals surface area (Å²) in [7, 11) is 0. The van der Waals surface area contributed by atoms with Crippen molar-refractivity contribution in [1.29, 1.82) is 0 Å². The van der Waals surface area contributed by atoms with Gasteiger partial charge in [0.2, 0.25) is 0 Å². The quantitative estimate of drug-likeness (QED) is 0.177. The molecule has 6 nitrogen and oxygen atoms in total. The summed E-state index contributed by atoms with van der Waals surface area (Å²) in [4.78, 5) is 28.8. The normalized spacial score (nSPS) is 10.9. The standard InChI is InChI=1S/C42H28N6/c1-3-13-29(14-4-1)40-46-41(30-15-5-2-6-16-30)48-42(47-40)34-20-12-18-32(26-34)31-17-11-19-33(25-31)35-27-38(36-21-7-9-23-43-36)45-39(28-35)37-22-8-10-24-44-37/h1-28H. The van der Waals surface area contributed by atoms with E-state index in [0.29, 0.717) is 17.5 Å². The summed E-state index contributed by atoms with van der Waals surface area (Å²) < 4.78 is 0. The van der Waals surface area contributed by atoms with Crippen molar-refractivity contribution in [2.24, 2.45) is 0 Å². The summed E-state index contributed by atoms with van der Waals surface area (Å²) in [6, 6.07) is 52.9. The van der Waals surface area contributed by atoms with Gasteiger partial charge in [-0.25, -0.2) is 19.9 Å². The van der Waals surface area contributed by atoms with Gasteiger partial charge < -0.3 is 0 Å². The molecule has 0 saturated heterocycles. The van der Waals surface area contributed by atoms with Gasteiger partial charge in [0, 0.05) is 29.1 Å². The Morgan fingerprint density at radius 2 is 0.646 bits per heavy atom. The third kappa shape index (κ3) is 6.10. The van der Waals surface area contributed by atoms with Crippen LogP contribution >= 0.6 is 0 Å². The predicted molar refractivity (Wildman–Crippen MR) is 191 cm³/mol. The predicted octanol–water partition coefficient (Wildman–Crippen LogP) is 9.73. The molecule has 0 atom stereocenters. The van der Waals surface area contributed by atoms with Crippen molar-refractivity contribution in [3.63, 3.8) is 0 Å². The van der Waals surface area contributed by atoms with Crippen LogP contribution in [-0.4, -0.2) is 29.9 Å². The SMILES string of the molecule is c1ccc(-c2nc(-c3ccccc3)nc(-c3cccc(-c4cccc(-c5cc(-c6ccccn6)nc(-c6ccccn6)c5)c4)c3)n2)cc1. The molecule has 0 amide bonds. The lowest BCUT2D eigenvalue weighted by Gasteiger charge is -2.12. The van der Waals surface area contributed by atoms with Gasteiger partial charge in [-0.05, 0) is 70.8 Å². The zero-order valence-electron chi connectivity index (χ0n) is 25.8. The van der Waals surface area contributed by atoms with E-state index in [1.54, 1.807) is 12.4 Å². The minimum atomic E-state index is 0.620. The van der Waals surface area contributed by atoms with Gasteiger partial charge in [0.1, 0.15) is 0 Å². The second-order valence-electron chi connectivity index (χ2n) is 11.3. The van der Waals surface area contributed by atoms with Crippen LogP contribution in [0.25, 0.3) is 79.2 Å². The van der Waals surface area contributed by atoms with Gasteiger partial charge in [0.25, 0.3) is 0 Å². The molecule has 4 heterocycles. The molecule has 4 aromatic carbocycles. The summed E-state index contributed by atoms with van der Waals surface area (Å²) in [6.45, 7) is 0. The van der Waals surface area contributed by atoms with Crippen molar-refractivity contribution < 1.29 is 0 Å². The average molecular weight is 617 g/mol. The van der Waals surface area contributed by atoms with Crippen molar-refractivity contribution >= 4 is 0 Å². The second kappa shape index (κ2) is 13.0. The fraction of sp³-hybridized carbons (Fsp3) is 0. The van der Waals surface area contributed by atoms with Crippen LogP contribution in [0.3, 0.4) is 0 Å². The molecule has 4 aromatic heterocycles. The van der Waals surface area contributed by atoms with Gasteiger partial charge in [0.05, 0.1) is 22.8 Å². The summed E-state index contributed by atoms with van der Waals surface area (Å²) >= 11 is 0. The zero-order valence-corrected chi connectivity index (χ0v) is 25.8. The molecule has 0 saturated carbocycles. The molecule has 48 heavy (non-hydrogen) atoms. The maximum Gasteiger partial charge on any atom is 0.164 e. The maximum atomic E-state index is 4.94. The van der Waals surface area contributed by atoms with Crippen LogP contribution in [0, 0.1) is 0 Å². The van der Waals surface area contributed by atoms with Crippen molar-refractivity contribution in [2.45, 2.75) is 0 Å². The van der Waals surface area contributed by atoms with Gasteiger partial charge >= 0.3 is 0 Å². The Kier molecular flexibility index (Phi) is 7.79. The lowest BCUT2D eigenvalue weighted by molar-refractivity contribution is 1.07. The molecule has 8 aromatic rings.